The molecule has 0 aromatic carbocycles. The van der Waals surface area contributed by atoms with Crippen LogP contribution in [0.2, 0.25) is 0 Å². The van der Waals surface area contributed by atoms with Crippen LogP contribution in [0.5, 0.6) is 0 Å². The van der Waals surface area contributed by atoms with E-state index in [1.807, 2.05) is 6.92 Å². The fraction of sp³-hybridized carbons (Fsp3) is 0.800. The predicted molar refractivity (Wildman–Crippen MR) is 49.1 cm³/mol. The van der Waals surface area contributed by atoms with Crippen LogP contribution in [0.15, 0.2) is 0 Å². The van der Waals surface area contributed by atoms with Gasteiger partial charge in [0.2, 0.25) is 0 Å². The highest BCUT2D eigenvalue weighted by atomic mass is 16.4. The zero-order valence-electron chi connectivity index (χ0n) is 7.94. The van der Waals surface area contributed by atoms with E-state index in [1.165, 1.54) is 0 Å². The number of carbonyl (C=O) groups is 1. The van der Waals surface area contributed by atoms with Crippen molar-refractivity contribution in [2.45, 2.75) is 38.7 Å². The van der Waals surface area contributed by atoms with Crippen LogP contribution in [-0.4, -0.2) is 22.3 Å². The lowest BCUT2D eigenvalue weighted by Gasteiger charge is -2.31. The molecule has 0 heterocycles. The molecule has 1 saturated carbocycles. The topological polar surface area (TPSA) is 57.5 Å². The molecular weight excluding hydrogens is 168 g/mol. The molecule has 1 aliphatic rings. The number of hydrogen-bond donors (Lipinski definition) is 2. The molecule has 2 N–H and O–H groups in total. The summed E-state index contributed by atoms with van der Waals surface area (Å²) in [6.07, 6.45) is 4.55. The van der Waals surface area contributed by atoms with Crippen molar-refractivity contribution in [3.05, 3.63) is 6.42 Å². The fourth-order valence-electron chi connectivity index (χ4n) is 2.02. The monoisotopic (exact) mass is 185 g/mol. The van der Waals surface area contributed by atoms with Gasteiger partial charge in [0.15, 0.2) is 0 Å². The Morgan fingerprint density at radius 2 is 2.38 bits per heavy atom. The molecule has 0 amide bonds. The quantitative estimate of drug-likeness (QED) is 0.700. The molecule has 3 heteroatoms. The number of carboxylic acid groups (broad SMARTS) is 1. The van der Waals surface area contributed by atoms with E-state index in [9.17, 15) is 9.90 Å². The van der Waals surface area contributed by atoms with E-state index in [1.54, 1.807) is 0 Å². The zero-order valence-corrected chi connectivity index (χ0v) is 7.94. The summed E-state index contributed by atoms with van der Waals surface area (Å²) in [7, 11) is 0. The molecule has 13 heavy (non-hydrogen) atoms. The van der Waals surface area contributed by atoms with Crippen LogP contribution in [0.25, 0.3) is 0 Å². The highest BCUT2D eigenvalue weighted by Crippen LogP contribution is 2.32. The van der Waals surface area contributed by atoms with Gasteiger partial charge in [-0.1, -0.05) is 6.92 Å². The van der Waals surface area contributed by atoms with Crippen LogP contribution < -0.4 is 0 Å². The van der Waals surface area contributed by atoms with Gasteiger partial charge in [0.05, 0.1) is 12.0 Å². The number of rotatable bonds is 3. The first-order valence-electron chi connectivity index (χ1n) is 4.89. The Kier molecular flexibility index (Phi) is 3.72. The lowest BCUT2D eigenvalue weighted by Crippen LogP contribution is -2.35. The predicted octanol–water partition coefficient (Wildman–Crippen LogP) is 1.46. The second kappa shape index (κ2) is 4.61. The molecule has 0 saturated heterocycles. The van der Waals surface area contributed by atoms with Gasteiger partial charge in [-0.3, -0.25) is 4.79 Å². The Morgan fingerprint density at radius 1 is 1.69 bits per heavy atom. The van der Waals surface area contributed by atoms with Crippen molar-refractivity contribution in [2.75, 3.05) is 0 Å². The van der Waals surface area contributed by atoms with E-state index in [0.29, 0.717) is 12.8 Å². The van der Waals surface area contributed by atoms with E-state index in [-0.39, 0.29) is 11.8 Å². The Balaban J connectivity index is 2.61. The largest absolute Gasteiger partial charge is 0.481 e. The molecule has 3 unspecified atom stereocenters. The average Bonchev–Trinajstić information content (AvgIpc) is 2.16. The van der Waals surface area contributed by atoms with E-state index in [2.05, 4.69) is 6.42 Å². The summed E-state index contributed by atoms with van der Waals surface area (Å²) in [5, 5.41) is 18.5. The normalized spacial score (nSPS) is 31.2. The number of hydrogen-bond acceptors (Lipinski definition) is 2. The molecule has 1 fully saturated rings. The lowest BCUT2D eigenvalue weighted by molar-refractivity contribution is -0.146. The molecule has 3 nitrogen and oxygen atoms in total. The maximum Gasteiger partial charge on any atom is 0.306 e. The average molecular weight is 185 g/mol. The van der Waals surface area contributed by atoms with Crippen molar-refractivity contribution >= 4 is 5.97 Å². The van der Waals surface area contributed by atoms with Gasteiger partial charge >= 0.3 is 5.97 Å². The smallest absolute Gasteiger partial charge is 0.306 e. The van der Waals surface area contributed by atoms with Gasteiger partial charge in [-0.05, 0) is 38.0 Å². The standard InChI is InChI=1S/C10H17O3/c1-2-9(11)7-5-3-4-6-8(7)10(12)13/h3,7-9,11H,2,4-6H2,1H3,(H,12,13). The minimum absolute atomic E-state index is 0.0729. The minimum atomic E-state index is -0.759. The van der Waals surface area contributed by atoms with Crippen LogP contribution in [0.4, 0.5) is 0 Å². The summed E-state index contributed by atoms with van der Waals surface area (Å²) in [6, 6.07) is 0. The van der Waals surface area contributed by atoms with Crippen LogP contribution in [0, 0.1) is 18.3 Å². The summed E-state index contributed by atoms with van der Waals surface area (Å²) < 4.78 is 0. The number of aliphatic hydroxyl groups excluding tert-OH is 1. The first-order valence-corrected chi connectivity index (χ1v) is 4.89. The summed E-state index contributed by atoms with van der Waals surface area (Å²) in [5.41, 5.74) is 0. The molecule has 75 valence electrons. The van der Waals surface area contributed by atoms with Gasteiger partial charge in [-0.25, -0.2) is 0 Å². The molecule has 0 bridgehead atoms. The molecule has 0 spiro atoms. The van der Waals surface area contributed by atoms with E-state index >= 15 is 0 Å². The van der Waals surface area contributed by atoms with Crippen molar-refractivity contribution in [3.8, 4) is 0 Å². The molecule has 0 aliphatic heterocycles. The third-order valence-electron chi connectivity index (χ3n) is 2.87. The molecule has 1 rings (SSSR count). The van der Waals surface area contributed by atoms with Crippen LogP contribution in [0.1, 0.15) is 32.6 Å². The van der Waals surface area contributed by atoms with Crippen LogP contribution >= 0.6 is 0 Å². The Hall–Kier alpha value is -0.570. The maximum absolute atomic E-state index is 10.9. The lowest BCUT2D eigenvalue weighted by atomic mass is 9.75. The van der Waals surface area contributed by atoms with Gasteiger partial charge < -0.3 is 10.2 Å². The van der Waals surface area contributed by atoms with Crippen molar-refractivity contribution < 1.29 is 15.0 Å². The third-order valence-corrected chi connectivity index (χ3v) is 2.87. The van der Waals surface area contributed by atoms with Crippen LogP contribution in [-0.2, 0) is 4.79 Å². The highest BCUT2D eigenvalue weighted by molar-refractivity contribution is 5.70. The van der Waals surface area contributed by atoms with E-state index < -0.39 is 12.1 Å². The molecule has 0 aromatic heterocycles. The van der Waals surface area contributed by atoms with Gasteiger partial charge in [0.25, 0.3) is 0 Å². The number of aliphatic hydroxyl groups is 1. The first kappa shape index (κ1) is 10.5. The third kappa shape index (κ3) is 2.44. The fourth-order valence-corrected chi connectivity index (χ4v) is 2.02. The molecule has 1 radical (unpaired) electrons. The number of aliphatic carboxylic acids is 1. The summed E-state index contributed by atoms with van der Waals surface area (Å²) >= 11 is 0. The Morgan fingerprint density at radius 3 is 2.92 bits per heavy atom. The van der Waals surface area contributed by atoms with Crippen molar-refractivity contribution in [1.82, 2.24) is 0 Å². The summed E-state index contributed by atoms with van der Waals surface area (Å²) in [4.78, 5) is 10.9. The molecule has 1 aliphatic carbocycles. The summed E-state index contributed by atoms with van der Waals surface area (Å²) in [5.74, 6) is -1.18. The second-order valence-electron chi connectivity index (χ2n) is 3.69. The molecule has 3 atom stereocenters. The van der Waals surface area contributed by atoms with E-state index in [0.717, 1.165) is 12.8 Å². The van der Waals surface area contributed by atoms with Gasteiger partial charge in [-0.15, -0.1) is 0 Å². The maximum atomic E-state index is 10.9. The van der Waals surface area contributed by atoms with Gasteiger partial charge in [-0.2, -0.15) is 0 Å². The summed E-state index contributed by atoms with van der Waals surface area (Å²) in [6.45, 7) is 1.89. The Labute approximate surface area is 78.8 Å². The van der Waals surface area contributed by atoms with Gasteiger partial charge in [0, 0.05) is 0 Å². The zero-order chi connectivity index (χ0) is 9.84. The van der Waals surface area contributed by atoms with Crippen molar-refractivity contribution in [1.29, 1.82) is 0 Å². The highest BCUT2D eigenvalue weighted by Gasteiger charge is 2.34. The van der Waals surface area contributed by atoms with Crippen molar-refractivity contribution in [3.63, 3.8) is 0 Å². The first-order chi connectivity index (χ1) is 6.16. The van der Waals surface area contributed by atoms with Gasteiger partial charge in [0.1, 0.15) is 0 Å². The minimum Gasteiger partial charge on any atom is -0.481 e. The Bertz CT molecular complexity index is 179. The van der Waals surface area contributed by atoms with Crippen LogP contribution in [0.3, 0.4) is 0 Å². The molecular formula is C10H17O3. The second-order valence-corrected chi connectivity index (χ2v) is 3.69. The number of carboxylic acids is 1. The van der Waals surface area contributed by atoms with Crippen molar-refractivity contribution in [2.24, 2.45) is 11.8 Å². The van der Waals surface area contributed by atoms with E-state index in [4.69, 9.17) is 5.11 Å². The molecule has 0 aromatic rings. The SMILES string of the molecule is CCC(O)C1C[CH]CCC1C(=O)O.